The summed E-state index contributed by atoms with van der Waals surface area (Å²) in [7, 11) is -4.08. The molecule has 2 aromatic rings. The van der Waals surface area contributed by atoms with Crippen LogP contribution in [0.4, 0.5) is 18.0 Å². The zero-order chi connectivity index (χ0) is 42.7. The molecule has 322 valence electrons. The summed E-state index contributed by atoms with van der Waals surface area (Å²) in [5.74, 6) is -2.62. The average molecular weight is 848 g/mol. The van der Waals surface area contributed by atoms with E-state index in [2.05, 4.69) is 20.3 Å². The second-order valence-corrected chi connectivity index (χ2v) is 19.7. The smallest absolute Gasteiger partial charge is 0.427 e. The van der Waals surface area contributed by atoms with Gasteiger partial charge in [0.15, 0.2) is 0 Å². The fraction of sp³-hybridized carbons (Fsp3) is 0.634. The molecule has 59 heavy (non-hydrogen) atoms. The van der Waals surface area contributed by atoms with E-state index in [9.17, 15) is 40.8 Å². The topological polar surface area (TPSA) is 182 Å². The van der Waals surface area contributed by atoms with Gasteiger partial charge in [-0.2, -0.15) is 13.2 Å². The molecule has 1 aromatic carbocycles. The van der Waals surface area contributed by atoms with Crippen molar-refractivity contribution in [2.24, 2.45) is 17.8 Å². The highest BCUT2D eigenvalue weighted by atomic mass is 32.2. The number of nitrogens with one attached hydrogen (secondary N) is 3. The monoisotopic (exact) mass is 847 g/mol. The number of carbonyl (C=O) groups excluding carboxylic acids is 4. The molecule has 4 heterocycles. The number of alkyl carbamates (subject to hydrolysis) is 1. The van der Waals surface area contributed by atoms with Crippen LogP contribution in [0.1, 0.15) is 91.5 Å². The van der Waals surface area contributed by atoms with Gasteiger partial charge in [-0.3, -0.25) is 19.1 Å². The van der Waals surface area contributed by atoms with Crippen LogP contribution in [0.3, 0.4) is 0 Å². The third-order valence-corrected chi connectivity index (χ3v) is 14.9. The Morgan fingerprint density at radius 2 is 1.86 bits per heavy atom. The molecule has 7 rings (SSSR count). The van der Waals surface area contributed by atoms with Crippen molar-refractivity contribution < 1.29 is 55.0 Å². The molecule has 3 aliphatic heterocycles. The van der Waals surface area contributed by atoms with Crippen molar-refractivity contribution in [1.82, 2.24) is 25.2 Å². The SMILES string of the molecule is CC[C@@H]1C[C@@H](C)CC/C=C\[C@@H]2C[C@@]2(C(=O)NS(=O)(=O)C2(C)CC2)NC(=O)[C@@H]2C[C@@H](Oc3nccc4c5c(ccc34)CCO5)CN2C(=O)[C@H]1NC(=O)OC(C)(C)C(F)(F)F. The van der Waals surface area contributed by atoms with Crippen LogP contribution in [-0.2, 0) is 35.6 Å². The number of benzene rings is 1. The van der Waals surface area contributed by atoms with Crippen LogP contribution in [0, 0.1) is 17.8 Å². The van der Waals surface area contributed by atoms with E-state index >= 15 is 0 Å². The first-order valence-electron chi connectivity index (χ1n) is 20.3. The van der Waals surface area contributed by atoms with Crippen LogP contribution in [0.5, 0.6) is 11.6 Å². The lowest BCUT2D eigenvalue weighted by molar-refractivity contribution is -0.244. The standard InChI is InChI=1S/C41H52F3N5O9S/c1-6-24-19-23(2)9-7-8-10-26-21-40(26,36(52)48-59(54,55)39(5)15-16-39)47-33(50)30-20-27(57-34-29-12-11-25-14-18-56-32(25)28(29)13-17-45-34)22-49(30)35(51)31(24)46-37(53)58-38(3,4)41(42,43)44/h8,10-13,17,23-24,26-27,30-31H,6-7,9,14-16,18-22H2,1-5H3,(H,46,53)(H,47,50)(H,48,52)/b10-8-/t23-,24+,26+,27+,30-,31-,40+/m0/s1. The lowest BCUT2D eigenvalue weighted by atomic mass is 9.85. The fourth-order valence-electron chi connectivity index (χ4n) is 8.39. The highest BCUT2D eigenvalue weighted by molar-refractivity contribution is 7.91. The van der Waals surface area contributed by atoms with Crippen molar-refractivity contribution in [3.63, 3.8) is 0 Å². The molecule has 3 N–H and O–H groups in total. The van der Waals surface area contributed by atoms with Gasteiger partial charge in [-0.25, -0.2) is 18.2 Å². The molecule has 4 amide bonds. The van der Waals surface area contributed by atoms with Gasteiger partial charge >= 0.3 is 12.3 Å². The molecule has 0 bridgehead atoms. The number of hydrogen-bond donors (Lipinski definition) is 3. The maximum Gasteiger partial charge on any atom is 0.427 e. The predicted molar refractivity (Wildman–Crippen MR) is 209 cm³/mol. The number of alkyl halides is 3. The third-order valence-electron chi connectivity index (χ3n) is 12.7. The van der Waals surface area contributed by atoms with Crippen LogP contribution < -0.4 is 24.8 Å². The van der Waals surface area contributed by atoms with E-state index in [1.165, 1.54) is 4.90 Å². The van der Waals surface area contributed by atoms with Gasteiger partial charge in [0.2, 0.25) is 33.3 Å². The first-order chi connectivity index (χ1) is 27.7. The van der Waals surface area contributed by atoms with Gasteiger partial charge in [0.25, 0.3) is 5.91 Å². The number of rotatable bonds is 8. The zero-order valence-electron chi connectivity index (χ0n) is 33.8. The number of sulfonamides is 1. The molecule has 0 spiro atoms. The van der Waals surface area contributed by atoms with Crippen LogP contribution >= 0.6 is 0 Å². The molecular weight excluding hydrogens is 796 g/mol. The third kappa shape index (κ3) is 8.29. The summed E-state index contributed by atoms with van der Waals surface area (Å²) in [6, 6.07) is 2.86. The summed E-state index contributed by atoms with van der Waals surface area (Å²) >= 11 is 0. The summed E-state index contributed by atoms with van der Waals surface area (Å²) in [5.41, 5.74) is -3.49. The molecule has 7 atom stereocenters. The van der Waals surface area contributed by atoms with Crippen LogP contribution in [0.15, 0.2) is 36.5 Å². The number of carbonyl (C=O) groups is 4. The molecule has 14 nitrogen and oxygen atoms in total. The number of aromatic nitrogens is 1. The highest BCUT2D eigenvalue weighted by Crippen LogP contribution is 2.48. The van der Waals surface area contributed by atoms with Gasteiger partial charge in [-0.1, -0.05) is 38.5 Å². The van der Waals surface area contributed by atoms with Gasteiger partial charge in [0.05, 0.1) is 17.9 Å². The largest absolute Gasteiger partial charge is 0.492 e. The van der Waals surface area contributed by atoms with E-state index < -0.39 is 85.9 Å². The summed E-state index contributed by atoms with van der Waals surface area (Å²) in [4.78, 5) is 62.4. The van der Waals surface area contributed by atoms with Gasteiger partial charge in [0, 0.05) is 35.7 Å². The first kappa shape index (κ1) is 42.5. The lowest BCUT2D eigenvalue weighted by Crippen LogP contribution is -2.60. The lowest BCUT2D eigenvalue weighted by Gasteiger charge is -2.35. The summed E-state index contributed by atoms with van der Waals surface area (Å²) < 4.78 is 86.2. The Hall–Kier alpha value is -4.61. The van der Waals surface area contributed by atoms with Crippen molar-refractivity contribution in [3.8, 4) is 11.6 Å². The highest BCUT2D eigenvalue weighted by Gasteiger charge is 2.63. The Kier molecular flexibility index (Phi) is 11.1. The van der Waals surface area contributed by atoms with Crippen LogP contribution in [-0.4, -0.2) is 95.5 Å². The Morgan fingerprint density at radius 1 is 1.12 bits per heavy atom. The molecule has 0 unspecified atom stereocenters. The van der Waals surface area contributed by atoms with Gasteiger partial charge < -0.3 is 29.7 Å². The number of fused-ring (bicyclic) bond motifs is 5. The minimum absolute atomic E-state index is 0.0285. The Balaban J connectivity index is 1.24. The number of pyridine rings is 1. The van der Waals surface area contributed by atoms with Crippen molar-refractivity contribution in [1.29, 1.82) is 0 Å². The van der Waals surface area contributed by atoms with Gasteiger partial charge in [-0.05, 0) is 88.8 Å². The number of amides is 4. The zero-order valence-corrected chi connectivity index (χ0v) is 34.6. The summed E-state index contributed by atoms with van der Waals surface area (Å²) in [6.07, 6.45) is 1.45. The molecule has 2 saturated carbocycles. The van der Waals surface area contributed by atoms with E-state index in [1.807, 2.05) is 25.1 Å². The van der Waals surface area contributed by atoms with E-state index in [4.69, 9.17) is 14.2 Å². The number of nitrogens with zero attached hydrogens (tertiary/aromatic N) is 2. The second kappa shape index (κ2) is 15.4. The molecular formula is C41H52F3N5O9S. The van der Waals surface area contributed by atoms with Gasteiger partial charge in [0.1, 0.15) is 29.5 Å². The molecule has 2 aliphatic carbocycles. The predicted octanol–water partition coefficient (Wildman–Crippen LogP) is 5.23. The Labute approximate surface area is 341 Å². The second-order valence-electron chi connectivity index (χ2n) is 17.5. The molecule has 3 fully saturated rings. The number of hydrogen-bond acceptors (Lipinski definition) is 10. The van der Waals surface area contributed by atoms with Crippen molar-refractivity contribution in [2.75, 3.05) is 13.2 Å². The van der Waals surface area contributed by atoms with E-state index in [0.29, 0.717) is 70.1 Å². The fourth-order valence-corrected chi connectivity index (χ4v) is 9.70. The summed E-state index contributed by atoms with van der Waals surface area (Å²) in [6.45, 7) is 7.05. The Bertz CT molecular complexity index is 2160. The first-order valence-corrected chi connectivity index (χ1v) is 21.8. The molecule has 1 saturated heterocycles. The number of halogens is 3. The maximum absolute atomic E-state index is 14.9. The van der Waals surface area contributed by atoms with Crippen LogP contribution in [0.25, 0.3) is 10.8 Å². The molecule has 5 aliphatic rings. The number of ether oxygens (including phenoxy) is 3. The molecule has 18 heteroatoms. The average Bonchev–Trinajstić information content (AvgIpc) is 3.94. The maximum atomic E-state index is 14.9. The summed E-state index contributed by atoms with van der Waals surface area (Å²) in [5, 5.41) is 6.67. The minimum atomic E-state index is -4.91. The van der Waals surface area contributed by atoms with Crippen molar-refractivity contribution in [2.45, 2.75) is 133 Å². The van der Waals surface area contributed by atoms with Crippen molar-refractivity contribution in [3.05, 3.63) is 42.1 Å². The van der Waals surface area contributed by atoms with Crippen LogP contribution in [0.2, 0.25) is 0 Å². The van der Waals surface area contributed by atoms with Crippen molar-refractivity contribution >= 4 is 44.6 Å². The Morgan fingerprint density at radius 3 is 2.56 bits per heavy atom. The van der Waals surface area contributed by atoms with Gasteiger partial charge in [-0.15, -0.1) is 0 Å². The normalized spacial score (nSPS) is 30.0. The van der Waals surface area contributed by atoms with E-state index in [0.717, 1.165) is 17.4 Å². The minimum Gasteiger partial charge on any atom is -0.492 e. The van der Waals surface area contributed by atoms with E-state index in [-0.39, 0.29) is 31.2 Å². The quantitative estimate of drug-likeness (QED) is 0.298. The molecule has 1 aromatic heterocycles. The number of allylic oxidation sites excluding steroid dienone is 1. The molecule has 0 radical (unpaired) electrons. The van der Waals surface area contributed by atoms with E-state index in [1.54, 1.807) is 32.2 Å².